The third-order valence-electron chi connectivity index (χ3n) is 9.93. The molecule has 48 heavy (non-hydrogen) atoms. The van der Waals surface area contributed by atoms with Gasteiger partial charge >= 0.3 is 0 Å². The Morgan fingerprint density at radius 3 is 1.50 bits per heavy atom. The van der Waals surface area contributed by atoms with Crippen LogP contribution in [0.1, 0.15) is 38.9 Å². The molecule has 0 aliphatic heterocycles. The van der Waals surface area contributed by atoms with Crippen LogP contribution in [0.3, 0.4) is 0 Å². The molecule has 0 unspecified atom stereocenters. The normalized spacial score (nSPS) is 13.1. The van der Waals surface area contributed by atoms with Gasteiger partial charge in [0.15, 0.2) is 0 Å². The minimum absolute atomic E-state index is 0.570. The Labute approximate surface area is 281 Å². The molecule has 2 aliphatic carbocycles. The molecule has 0 atom stereocenters. The molecule has 0 saturated heterocycles. The van der Waals surface area contributed by atoms with E-state index in [4.69, 9.17) is 0 Å². The Balaban J connectivity index is 1.37. The summed E-state index contributed by atoms with van der Waals surface area (Å²) in [5.41, 5.74) is 15.6. The molecule has 0 radical (unpaired) electrons. The van der Waals surface area contributed by atoms with Gasteiger partial charge in [-0.3, -0.25) is 0 Å². The molecule has 2 nitrogen and oxygen atoms in total. The first-order chi connectivity index (χ1) is 23.8. The molecule has 7 aromatic carbocycles. The molecule has 0 amide bonds. The lowest BCUT2D eigenvalue weighted by atomic mass is 9.65. The predicted molar refractivity (Wildman–Crippen MR) is 198 cm³/mol. The highest BCUT2D eigenvalue weighted by Crippen LogP contribution is 2.59. The first kappa shape index (κ1) is 27.8. The number of para-hydroxylation sites is 2. The molecular weight excluding hydrogens is 581 g/mol. The number of benzene rings is 7. The topological polar surface area (TPSA) is 27.0 Å². The van der Waals surface area contributed by atoms with Gasteiger partial charge in [-0.25, -0.2) is 0 Å². The van der Waals surface area contributed by atoms with Crippen molar-refractivity contribution in [2.24, 2.45) is 0 Å². The molecule has 2 aliphatic rings. The molecular formula is C46H30N2. The first-order valence-electron chi connectivity index (χ1n) is 16.3. The summed E-state index contributed by atoms with van der Waals surface area (Å²) in [6, 6.07) is 63.1. The highest BCUT2D eigenvalue weighted by atomic mass is 15.1. The van der Waals surface area contributed by atoms with E-state index in [1.807, 2.05) is 12.1 Å². The van der Waals surface area contributed by atoms with Crippen LogP contribution in [-0.4, -0.2) is 0 Å². The Morgan fingerprint density at radius 1 is 0.417 bits per heavy atom. The van der Waals surface area contributed by atoms with Crippen molar-refractivity contribution in [2.45, 2.75) is 5.41 Å². The average Bonchev–Trinajstić information content (AvgIpc) is 3.37. The summed E-state index contributed by atoms with van der Waals surface area (Å²) in [5.74, 6) is 0. The Hall–Kier alpha value is -6.43. The van der Waals surface area contributed by atoms with Crippen LogP contribution in [0.15, 0.2) is 170 Å². The average molecular weight is 611 g/mol. The van der Waals surface area contributed by atoms with Crippen LogP contribution in [0.2, 0.25) is 0 Å². The van der Waals surface area contributed by atoms with Crippen LogP contribution in [0.4, 0.5) is 17.1 Å². The van der Waals surface area contributed by atoms with Gasteiger partial charge in [-0.15, -0.1) is 0 Å². The second kappa shape index (κ2) is 11.1. The highest BCUT2D eigenvalue weighted by molar-refractivity contribution is 5.93. The van der Waals surface area contributed by atoms with Crippen molar-refractivity contribution in [3.63, 3.8) is 0 Å². The molecule has 0 heterocycles. The summed E-state index contributed by atoms with van der Waals surface area (Å²) in [7, 11) is 0. The van der Waals surface area contributed by atoms with E-state index < -0.39 is 5.41 Å². The van der Waals surface area contributed by atoms with Crippen LogP contribution in [0, 0.1) is 11.3 Å². The van der Waals surface area contributed by atoms with Crippen molar-refractivity contribution in [1.82, 2.24) is 0 Å². The van der Waals surface area contributed by atoms with Gasteiger partial charge in [-0.05, 0) is 110 Å². The van der Waals surface area contributed by atoms with Crippen molar-refractivity contribution in [3.8, 4) is 28.3 Å². The number of hydrogen-bond donors (Lipinski definition) is 0. The van der Waals surface area contributed by atoms with E-state index in [2.05, 4.69) is 181 Å². The van der Waals surface area contributed by atoms with Gasteiger partial charge in [0, 0.05) is 17.1 Å². The molecule has 0 N–H and O–H groups in total. The second-order valence-electron chi connectivity index (χ2n) is 12.4. The van der Waals surface area contributed by atoms with Crippen molar-refractivity contribution >= 4 is 29.2 Å². The zero-order valence-electron chi connectivity index (χ0n) is 26.2. The number of nitriles is 1. The standard InChI is InChI=1S/C46H30N2/c47-31-32-19-21-33(22-20-32)36-26-25-34-23-24-35-27-28-39(48(37-11-3-1-4-12-37)38-13-5-2-6-14-38)30-45(35)46(44(34)29-36)42-17-9-7-15-40(42)41-16-8-10-18-43(41)46/h1-30H. The first-order valence-corrected chi connectivity index (χ1v) is 16.3. The van der Waals surface area contributed by atoms with Gasteiger partial charge in [0.25, 0.3) is 0 Å². The molecule has 224 valence electrons. The van der Waals surface area contributed by atoms with Crippen LogP contribution in [0.5, 0.6) is 0 Å². The van der Waals surface area contributed by atoms with Crippen molar-refractivity contribution < 1.29 is 0 Å². The second-order valence-corrected chi connectivity index (χ2v) is 12.4. The van der Waals surface area contributed by atoms with Gasteiger partial charge < -0.3 is 4.90 Å². The molecule has 7 aromatic rings. The molecule has 0 bridgehead atoms. The molecule has 0 fully saturated rings. The maximum atomic E-state index is 9.45. The summed E-state index contributed by atoms with van der Waals surface area (Å²) in [6.45, 7) is 0. The van der Waals surface area contributed by atoms with Gasteiger partial charge in [-0.2, -0.15) is 5.26 Å². The van der Waals surface area contributed by atoms with Gasteiger partial charge in [-0.1, -0.05) is 127 Å². The highest BCUT2D eigenvalue weighted by Gasteiger charge is 2.48. The van der Waals surface area contributed by atoms with E-state index in [1.165, 1.54) is 44.5 Å². The smallest absolute Gasteiger partial charge is 0.0991 e. The minimum Gasteiger partial charge on any atom is -0.310 e. The van der Waals surface area contributed by atoms with Gasteiger partial charge in [0.05, 0.1) is 17.0 Å². The molecule has 2 heteroatoms. The van der Waals surface area contributed by atoms with Crippen LogP contribution >= 0.6 is 0 Å². The van der Waals surface area contributed by atoms with E-state index in [0.717, 1.165) is 28.2 Å². The number of rotatable bonds is 4. The molecule has 1 spiro atoms. The summed E-state index contributed by atoms with van der Waals surface area (Å²) < 4.78 is 0. The quantitative estimate of drug-likeness (QED) is 0.198. The summed E-state index contributed by atoms with van der Waals surface area (Å²) in [5, 5.41) is 9.45. The zero-order valence-corrected chi connectivity index (χ0v) is 26.2. The summed E-state index contributed by atoms with van der Waals surface area (Å²) >= 11 is 0. The number of anilines is 3. The predicted octanol–water partition coefficient (Wildman–Crippen LogP) is 11.5. The van der Waals surface area contributed by atoms with Crippen LogP contribution in [0.25, 0.3) is 34.4 Å². The monoisotopic (exact) mass is 610 g/mol. The maximum Gasteiger partial charge on any atom is 0.0991 e. The van der Waals surface area contributed by atoms with Crippen molar-refractivity contribution in [3.05, 3.63) is 209 Å². The largest absolute Gasteiger partial charge is 0.310 e. The Morgan fingerprint density at radius 2 is 0.917 bits per heavy atom. The van der Waals surface area contributed by atoms with Crippen molar-refractivity contribution in [1.29, 1.82) is 5.26 Å². The Bertz CT molecular complexity index is 2310. The number of hydrogen-bond acceptors (Lipinski definition) is 2. The fraction of sp³-hybridized carbons (Fsp3) is 0.0217. The van der Waals surface area contributed by atoms with Gasteiger partial charge in [0.1, 0.15) is 0 Å². The maximum absolute atomic E-state index is 9.45. The lowest BCUT2D eigenvalue weighted by Gasteiger charge is -2.36. The lowest BCUT2D eigenvalue weighted by Crippen LogP contribution is -2.30. The molecule has 0 saturated carbocycles. The zero-order chi connectivity index (χ0) is 32.1. The van der Waals surface area contributed by atoms with E-state index in [9.17, 15) is 5.26 Å². The number of nitrogens with zero attached hydrogens (tertiary/aromatic N) is 2. The van der Waals surface area contributed by atoms with Gasteiger partial charge in [0.2, 0.25) is 0 Å². The summed E-state index contributed by atoms with van der Waals surface area (Å²) in [6.07, 6.45) is 4.56. The lowest BCUT2D eigenvalue weighted by molar-refractivity contribution is 0.766. The van der Waals surface area contributed by atoms with E-state index in [0.29, 0.717) is 5.56 Å². The van der Waals surface area contributed by atoms with Crippen LogP contribution in [-0.2, 0) is 5.41 Å². The SMILES string of the molecule is N#Cc1ccc(-c2ccc3c(c2)C2(c4cc(N(c5ccccc5)c5ccccc5)ccc4C=C3)c3ccccc3-c3ccccc32)cc1. The fourth-order valence-corrected chi connectivity index (χ4v) is 7.84. The molecule has 0 aromatic heterocycles. The molecule has 9 rings (SSSR count). The van der Waals surface area contributed by atoms with E-state index in [1.54, 1.807) is 0 Å². The minimum atomic E-state index is -0.570. The van der Waals surface area contributed by atoms with Crippen LogP contribution < -0.4 is 4.90 Å². The third-order valence-corrected chi connectivity index (χ3v) is 9.93. The summed E-state index contributed by atoms with van der Waals surface area (Å²) in [4.78, 5) is 2.35. The van der Waals surface area contributed by atoms with E-state index >= 15 is 0 Å². The fourth-order valence-electron chi connectivity index (χ4n) is 7.84. The Kier molecular flexibility index (Phi) is 6.45. The third kappa shape index (κ3) is 4.19. The van der Waals surface area contributed by atoms with Crippen molar-refractivity contribution in [2.75, 3.05) is 4.90 Å². The van der Waals surface area contributed by atoms with E-state index in [-0.39, 0.29) is 0 Å². The number of fused-ring (bicyclic) bond motifs is 9.